The van der Waals surface area contributed by atoms with Crippen LogP contribution < -0.4 is 10.1 Å². The number of amides is 1. The maximum atomic E-state index is 12.9. The smallest absolute Gasteiger partial charge is 0.280 e. The summed E-state index contributed by atoms with van der Waals surface area (Å²) in [7, 11) is 0. The van der Waals surface area contributed by atoms with Crippen LogP contribution >= 0.6 is 0 Å². The molecule has 0 aromatic heterocycles. The van der Waals surface area contributed by atoms with Crippen LogP contribution in [0.4, 0.5) is 0 Å². The van der Waals surface area contributed by atoms with E-state index in [2.05, 4.69) is 10.2 Å². The number of nitrogens with zero attached hydrogens (tertiary/aromatic N) is 1. The Morgan fingerprint density at radius 1 is 1.23 bits per heavy atom. The van der Waals surface area contributed by atoms with Crippen LogP contribution in [0.15, 0.2) is 18.2 Å². The van der Waals surface area contributed by atoms with Crippen LogP contribution in [0.3, 0.4) is 0 Å². The van der Waals surface area contributed by atoms with E-state index in [9.17, 15) is 9.90 Å². The number of ether oxygens (including phenoxy) is 1. The van der Waals surface area contributed by atoms with E-state index in [1.807, 2.05) is 0 Å². The maximum Gasteiger partial charge on any atom is 0.280 e. The molecule has 1 amide bonds. The minimum atomic E-state index is -0.924. The number of phenolic OH excluding ortho intramolecular Hbond substituents is 1. The zero-order valence-electron chi connectivity index (χ0n) is 12.7. The average molecular weight is 302 g/mol. The molecule has 0 spiro atoms. The van der Waals surface area contributed by atoms with Crippen molar-refractivity contribution in [2.45, 2.75) is 43.7 Å². The van der Waals surface area contributed by atoms with Crippen LogP contribution in [0.5, 0.6) is 11.5 Å². The van der Waals surface area contributed by atoms with Gasteiger partial charge in [-0.25, -0.2) is 0 Å². The highest BCUT2D eigenvalue weighted by Gasteiger charge is 2.58. The van der Waals surface area contributed by atoms with Gasteiger partial charge in [0, 0.05) is 25.2 Å². The van der Waals surface area contributed by atoms with E-state index < -0.39 is 5.72 Å². The molecule has 2 saturated heterocycles. The molecular weight excluding hydrogens is 280 g/mol. The van der Waals surface area contributed by atoms with Crippen LogP contribution in [-0.4, -0.2) is 41.3 Å². The van der Waals surface area contributed by atoms with Gasteiger partial charge in [0.2, 0.25) is 5.72 Å². The third kappa shape index (κ3) is 1.92. The van der Waals surface area contributed by atoms with Crippen LogP contribution in [0.2, 0.25) is 0 Å². The molecule has 3 heterocycles. The van der Waals surface area contributed by atoms with Crippen molar-refractivity contribution in [1.82, 2.24) is 10.2 Å². The average Bonchev–Trinajstić information content (AvgIpc) is 2.77. The van der Waals surface area contributed by atoms with Gasteiger partial charge >= 0.3 is 0 Å². The highest BCUT2D eigenvalue weighted by atomic mass is 16.5. The summed E-state index contributed by atoms with van der Waals surface area (Å²) in [4.78, 5) is 15.2. The van der Waals surface area contributed by atoms with Crippen LogP contribution in [-0.2, 0) is 4.79 Å². The van der Waals surface area contributed by atoms with Gasteiger partial charge in [0.05, 0.1) is 5.92 Å². The number of phenols is 1. The summed E-state index contributed by atoms with van der Waals surface area (Å²) in [5.74, 6) is 0.953. The molecule has 5 heteroatoms. The summed E-state index contributed by atoms with van der Waals surface area (Å²) in [5, 5.41) is 12.9. The number of hydrogen-bond acceptors (Lipinski definition) is 4. The van der Waals surface area contributed by atoms with Crippen molar-refractivity contribution in [1.29, 1.82) is 0 Å². The number of carbonyl (C=O) groups is 1. The highest BCUT2D eigenvalue weighted by molar-refractivity contribution is 5.88. The number of fused-ring (bicyclic) bond motifs is 3. The molecule has 2 N–H and O–H groups in total. The van der Waals surface area contributed by atoms with Crippen molar-refractivity contribution < 1.29 is 14.6 Å². The summed E-state index contributed by atoms with van der Waals surface area (Å²) >= 11 is 0. The third-order valence-electron chi connectivity index (χ3n) is 5.21. The molecule has 118 valence electrons. The second-order valence-corrected chi connectivity index (χ2v) is 6.52. The van der Waals surface area contributed by atoms with Crippen LogP contribution in [0.1, 0.15) is 43.6 Å². The molecule has 2 unspecified atom stereocenters. The van der Waals surface area contributed by atoms with Gasteiger partial charge in [-0.2, -0.15) is 0 Å². The van der Waals surface area contributed by atoms with E-state index in [-0.39, 0.29) is 17.6 Å². The molecule has 0 saturated carbocycles. The Kier molecular flexibility index (Phi) is 3.26. The lowest BCUT2D eigenvalue weighted by atomic mass is 9.85. The molecule has 3 aliphatic heterocycles. The Morgan fingerprint density at radius 2 is 2.05 bits per heavy atom. The molecule has 5 nitrogen and oxygen atoms in total. The van der Waals surface area contributed by atoms with E-state index >= 15 is 0 Å². The lowest BCUT2D eigenvalue weighted by Crippen LogP contribution is -2.64. The maximum absolute atomic E-state index is 12.9. The summed E-state index contributed by atoms with van der Waals surface area (Å²) in [5.41, 5.74) is 0.0511. The molecule has 0 aliphatic carbocycles. The summed E-state index contributed by atoms with van der Waals surface area (Å²) < 4.78 is 6.29. The third-order valence-corrected chi connectivity index (χ3v) is 5.21. The first-order chi connectivity index (χ1) is 10.7. The number of benzene rings is 1. The van der Waals surface area contributed by atoms with Gasteiger partial charge in [0.15, 0.2) is 0 Å². The predicted octanol–water partition coefficient (Wildman–Crippen LogP) is 1.96. The summed E-state index contributed by atoms with van der Waals surface area (Å²) in [6.45, 7) is 2.48. The van der Waals surface area contributed by atoms with Gasteiger partial charge in [-0.05, 0) is 43.9 Å². The summed E-state index contributed by atoms with van der Waals surface area (Å²) in [6.07, 6.45) is 5.25. The van der Waals surface area contributed by atoms with Gasteiger partial charge in [0.1, 0.15) is 11.5 Å². The minimum absolute atomic E-state index is 0.00444. The van der Waals surface area contributed by atoms with Crippen LogP contribution in [0.25, 0.3) is 0 Å². The van der Waals surface area contributed by atoms with Gasteiger partial charge in [-0.3, -0.25) is 9.69 Å². The SMILES string of the molecule is O=C1NCCCC2c3cc(O)ccc3OC12N1CCCCC1. The Labute approximate surface area is 130 Å². The topological polar surface area (TPSA) is 61.8 Å². The zero-order valence-corrected chi connectivity index (χ0v) is 12.7. The fourth-order valence-corrected chi connectivity index (χ4v) is 4.20. The number of piperidine rings is 1. The molecule has 1 aromatic rings. The first-order valence-electron chi connectivity index (χ1n) is 8.27. The highest BCUT2D eigenvalue weighted by Crippen LogP contribution is 2.51. The lowest BCUT2D eigenvalue weighted by Gasteiger charge is -2.43. The monoisotopic (exact) mass is 302 g/mol. The number of hydrogen-bond donors (Lipinski definition) is 2. The number of nitrogens with one attached hydrogen (secondary N) is 1. The summed E-state index contributed by atoms with van der Waals surface area (Å²) in [6, 6.07) is 5.19. The molecular formula is C17H22N2O3. The first-order valence-corrected chi connectivity index (χ1v) is 8.27. The normalized spacial score (nSPS) is 31.6. The molecule has 2 fully saturated rings. The standard InChI is InChI=1S/C17H22N2O3/c20-12-6-7-15-13(11-12)14-5-4-8-18-16(21)17(14,22-15)19-9-2-1-3-10-19/h6-7,11,14,20H,1-5,8-10H2,(H,18,21). The second kappa shape index (κ2) is 5.16. The number of rotatable bonds is 1. The van der Waals surface area contributed by atoms with Gasteiger partial charge in [-0.1, -0.05) is 6.42 Å². The molecule has 22 heavy (non-hydrogen) atoms. The van der Waals surface area contributed by atoms with Crippen molar-refractivity contribution in [2.24, 2.45) is 0 Å². The molecule has 2 atom stereocenters. The number of carbonyl (C=O) groups excluding carboxylic acids is 1. The molecule has 3 aliphatic rings. The second-order valence-electron chi connectivity index (χ2n) is 6.52. The van der Waals surface area contributed by atoms with Crippen molar-refractivity contribution in [3.8, 4) is 11.5 Å². The van der Waals surface area contributed by atoms with Crippen molar-refractivity contribution >= 4 is 5.91 Å². The van der Waals surface area contributed by atoms with Gasteiger partial charge in [-0.15, -0.1) is 0 Å². The zero-order chi connectivity index (χ0) is 15.2. The largest absolute Gasteiger partial charge is 0.508 e. The molecule has 0 bridgehead atoms. The van der Waals surface area contributed by atoms with E-state index in [0.29, 0.717) is 6.54 Å². The van der Waals surface area contributed by atoms with Crippen molar-refractivity contribution in [3.05, 3.63) is 23.8 Å². The first kappa shape index (κ1) is 13.9. The van der Waals surface area contributed by atoms with E-state index in [4.69, 9.17) is 4.74 Å². The molecule has 4 rings (SSSR count). The minimum Gasteiger partial charge on any atom is -0.508 e. The number of likely N-dealkylation sites (tertiary alicyclic amines) is 1. The molecule has 0 radical (unpaired) electrons. The Balaban J connectivity index is 1.82. The van der Waals surface area contributed by atoms with E-state index in [1.165, 1.54) is 6.42 Å². The Morgan fingerprint density at radius 3 is 2.86 bits per heavy atom. The quantitative estimate of drug-likeness (QED) is 0.832. The Bertz CT molecular complexity index is 598. The Hall–Kier alpha value is -1.75. The fourth-order valence-electron chi connectivity index (χ4n) is 4.20. The molecule has 1 aromatic carbocycles. The van der Waals surface area contributed by atoms with E-state index in [1.54, 1.807) is 18.2 Å². The van der Waals surface area contributed by atoms with Crippen LogP contribution in [0, 0.1) is 0 Å². The van der Waals surface area contributed by atoms with Crippen molar-refractivity contribution in [2.75, 3.05) is 19.6 Å². The van der Waals surface area contributed by atoms with Crippen molar-refractivity contribution in [3.63, 3.8) is 0 Å². The lowest BCUT2D eigenvalue weighted by molar-refractivity contribution is -0.159. The number of aromatic hydroxyl groups is 1. The van der Waals surface area contributed by atoms with Gasteiger partial charge in [0.25, 0.3) is 5.91 Å². The van der Waals surface area contributed by atoms with Gasteiger partial charge < -0.3 is 15.2 Å². The predicted molar refractivity (Wildman–Crippen MR) is 81.9 cm³/mol. The fraction of sp³-hybridized carbons (Fsp3) is 0.588. The van der Waals surface area contributed by atoms with E-state index in [0.717, 1.165) is 50.1 Å².